The van der Waals surface area contributed by atoms with Crippen LogP contribution in [0.3, 0.4) is 0 Å². The summed E-state index contributed by atoms with van der Waals surface area (Å²) in [6.07, 6.45) is 0. The van der Waals surface area contributed by atoms with E-state index in [0.29, 0.717) is 0 Å². The lowest BCUT2D eigenvalue weighted by molar-refractivity contribution is 0.669. The third-order valence-electron chi connectivity index (χ3n) is 6.44. The van der Waals surface area contributed by atoms with Gasteiger partial charge in [-0.05, 0) is 63.1 Å². The van der Waals surface area contributed by atoms with Crippen LogP contribution in [0.15, 0.2) is 71.1 Å². The van der Waals surface area contributed by atoms with Crippen molar-refractivity contribution in [2.75, 3.05) is 0 Å². The van der Waals surface area contributed by atoms with E-state index in [4.69, 9.17) is 14.4 Å². The summed E-state index contributed by atoms with van der Waals surface area (Å²) < 4.78 is 8.67. The molecule has 32 heavy (non-hydrogen) atoms. The Morgan fingerprint density at radius 2 is 1.50 bits per heavy atom. The summed E-state index contributed by atoms with van der Waals surface area (Å²) in [7, 11) is 0. The molecule has 0 radical (unpaired) electrons. The molecule has 156 valence electrons. The van der Waals surface area contributed by atoms with E-state index in [9.17, 15) is 0 Å². The first kappa shape index (κ1) is 18.8. The van der Waals surface area contributed by atoms with Gasteiger partial charge in [0.15, 0.2) is 0 Å². The van der Waals surface area contributed by atoms with E-state index in [2.05, 4.69) is 73.9 Å². The first-order valence-corrected chi connectivity index (χ1v) is 10.9. The Bertz CT molecular complexity index is 1660. The number of imidazole rings is 1. The molecule has 0 aliphatic heterocycles. The number of benzene rings is 3. The highest BCUT2D eigenvalue weighted by Gasteiger charge is 2.23. The van der Waals surface area contributed by atoms with Gasteiger partial charge in [0.1, 0.15) is 22.5 Å². The van der Waals surface area contributed by atoms with Crippen LogP contribution in [0.2, 0.25) is 0 Å². The number of hydrogen-bond donors (Lipinski definition) is 0. The molecule has 0 amide bonds. The number of pyridine rings is 1. The maximum absolute atomic E-state index is 6.42. The number of furan rings is 1. The number of nitrogens with zero attached hydrogens (tertiary/aromatic N) is 3. The number of aromatic nitrogens is 3. The Kier molecular flexibility index (Phi) is 3.99. The van der Waals surface area contributed by atoms with Gasteiger partial charge in [-0.2, -0.15) is 0 Å². The number of rotatable bonds is 2. The lowest BCUT2D eigenvalue weighted by Gasteiger charge is -2.12. The lowest BCUT2D eigenvalue weighted by Crippen LogP contribution is -2.01. The SMILES string of the molecule is Cc1nc(C)c2nc(-c3ccc(C)c4c3oc3ccccc34)n(-c3ccccc3)c2c1C. The van der Waals surface area contributed by atoms with Crippen molar-refractivity contribution in [3.63, 3.8) is 0 Å². The van der Waals surface area contributed by atoms with Gasteiger partial charge in [-0.3, -0.25) is 9.55 Å². The third kappa shape index (κ3) is 2.56. The smallest absolute Gasteiger partial charge is 0.149 e. The summed E-state index contributed by atoms with van der Waals surface area (Å²) in [4.78, 5) is 9.91. The van der Waals surface area contributed by atoms with Gasteiger partial charge >= 0.3 is 0 Å². The average molecular weight is 418 g/mol. The molecule has 3 aromatic heterocycles. The van der Waals surface area contributed by atoms with Crippen molar-refractivity contribution in [3.05, 3.63) is 89.2 Å². The summed E-state index contributed by atoms with van der Waals surface area (Å²) in [5.41, 5.74) is 10.1. The maximum atomic E-state index is 6.42. The molecule has 4 nitrogen and oxygen atoms in total. The van der Waals surface area contributed by atoms with Crippen LogP contribution in [0.1, 0.15) is 22.5 Å². The van der Waals surface area contributed by atoms with E-state index in [1.54, 1.807) is 0 Å². The summed E-state index contributed by atoms with van der Waals surface area (Å²) in [6, 6.07) is 22.9. The third-order valence-corrected chi connectivity index (χ3v) is 6.44. The summed E-state index contributed by atoms with van der Waals surface area (Å²) in [5.74, 6) is 0.869. The quantitative estimate of drug-likeness (QED) is 0.299. The zero-order valence-corrected chi connectivity index (χ0v) is 18.6. The van der Waals surface area contributed by atoms with Gasteiger partial charge in [-0.25, -0.2) is 4.98 Å². The van der Waals surface area contributed by atoms with Gasteiger partial charge in [0.2, 0.25) is 0 Å². The van der Waals surface area contributed by atoms with E-state index in [0.717, 1.165) is 67.0 Å². The second-order valence-electron chi connectivity index (χ2n) is 8.44. The molecule has 0 spiro atoms. The molecule has 0 N–H and O–H groups in total. The minimum absolute atomic E-state index is 0.869. The fourth-order valence-electron chi connectivity index (χ4n) is 4.76. The van der Waals surface area contributed by atoms with Crippen LogP contribution in [0, 0.1) is 27.7 Å². The van der Waals surface area contributed by atoms with Crippen molar-refractivity contribution in [2.24, 2.45) is 0 Å². The van der Waals surface area contributed by atoms with Crippen molar-refractivity contribution in [1.29, 1.82) is 0 Å². The molecule has 0 fully saturated rings. The second-order valence-corrected chi connectivity index (χ2v) is 8.44. The summed E-state index contributed by atoms with van der Waals surface area (Å²) >= 11 is 0. The van der Waals surface area contributed by atoms with Crippen LogP contribution in [0.4, 0.5) is 0 Å². The molecule has 0 aliphatic rings. The van der Waals surface area contributed by atoms with Gasteiger partial charge < -0.3 is 4.42 Å². The average Bonchev–Trinajstić information content (AvgIpc) is 3.39. The minimum Gasteiger partial charge on any atom is -0.455 e. The minimum atomic E-state index is 0.869. The first-order chi connectivity index (χ1) is 15.5. The summed E-state index contributed by atoms with van der Waals surface area (Å²) in [5, 5.41) is 2.28. The number of hydrogen-bond acceptors (Lipinski definition) is 3. The van der Waals surface area contributed by atoms with Crippen molar-refractivity contribution >= 4 is 33.0 Å². The van der Waals surface area contributed by atoms with Crippen LogP contribution in [-0.4, -0.2) is 14.5 Å². The number of fused-ring (bicyclic) bond motifs is 4. The molecule has 3 aromatic carbocycles. The van der Waals surface area contributed by atoms with Gasteiger partial charge in [0, 0.05) is 22.2 Å². The maximum Gasteiger partial charge on any atom is 0.149 e. The lowest BCUT2D eigenvalue weighted by atomic mass is 10.0. The van der Waals surface area contributed by atoms with Gasteiger partial charge in [0.05, 0.1) is 16.8 Å². The highest BCUT2D eigenvalue weighted by atomic mass is 16.3. The zero-order valence-electron chi connectivity index (χ0n) is 18.6. The number of para-hydroxylation sites is 2. The van der Waals surface area contributed by atoms with E-state index in [1.165, 1.54) is 5.56 Å². The van der Waals surface area contributed by atoms with E-state index in [1.807, 2.05) is 25.1 Å². The molecule has 0 saturated carbocycles. The fourth-order valence-corrected chi connectivity index (χ4v) is 4.76. The second kappa shape index (κ2) is 6.79. The Hall–Kier alpha value is -3.92. The fraction of sp³-hybridized carbons (Fsp3) is 0.143. The zero-order chi connectivity index (χ0) is 22.0. The van der Waals surface area contributed by atoms with E-state index < -0.39 is 0 Å². The molecule has 4 heteroatoms. The highest BCUT2D eigenvalue weighted by Crippen LogP contribution is 2.40. The largest absolute Gasteiger partial charge is 0.455 e. The number of aryl methyl sites for hydroxylation is 4. The van der Waals surface area contributed by atoms with Crippen molar-refractivity contribution in [1.82, 2.24) is 14.5 Å². The first-order valence-electron chi connectivity index (χ1n) is 10.9. The summed E-state index contributed by atoms with van der Waals surface area (Å²) in [6.45, 7) is 8.36. The molecule has 0 atom stereocenters. The highest BCUT2D eigenvalue weighted by molar-refractivity contribution is 6.11. The Labute approximate surface area is 186 Å². The monoisotopic (exact) mass is 417 g/mol. The topological polar surface area (TPSA) is 43.9 Å². The van der Waals surface area contributed by atoms with Crippen LogP contribution >= 0.6 is 0 Å². The van der Waals surface area contributed by atoms with Crippen molar-refractivity contribution in [3.8, 4) is 17.1 Å². The molecule has 0 saturated heterocycles. The molecular weight excluding hydrogens is 394 g/mol. The normalized spacial score (nSPS) is 11.8. The van der Waals surface area contributed by atoms with Gasteiger partial charge in [0.25, 0.3) is 0 Å². The van der Waals surface area contributed by atoms with E-state index in [-0.39, 0.29) is 0 Å². The molecule has 6 aromatic rings. The standard InChI is InChI=1S/C28H23N3O/c1-16-14-15-22(27-24(16)21-12-8-9-13-23(21)32-27)28-30-25-19(4)29-18(3)17(2)26(25)31(28)20-10-6-5-7-11-20/h5-15H,1-4H3. The molecule has 0 unspecified atom stereocenters. The Morgan fingerprint density at radius 3 is 2.31 bits per heavy atom. The van der Waals surface area contributed by atoms with E-state index >= 15 is 0 Å². The Morgan fingerprint density at radius 1 is 0.750 bits per heavy atom. The van der Waals surface area contributed by atoms with Crippen molar-refractivity contribution in [2.45, 2.75) is 27.7 Å². The molecular formula is C28H23N3O. The predicted molar refractivity (Wildman–Crippen MR) is 131 cm³/mol. The molecule has 6 rings (SSSR count). The van der Waals surface area contributed by atoms with Crippen LogP contribution in [0.25, 0.3) is 50.0 Å². The van der Waals surface area contributed by atoms with Gasteiger partial charge in [-0.1, -0.05) is 42.5 Å². The van der Waals surface area contributed by atoms with Crippen LogP contribution < -0.4 is 0 Å². The molecule has 0 bridgehead atoms. The Balaban J connectivity index is 1.80. The molecule has 3 heterocycles. The van der Waals surface area contributed by atoms with Crippen LogP contribution in [0.5, 0.6) is 0 Å². The van der Waals surface area contributed by atoms with Crippen molar-refractivity contribution < 1.29 is 4.42 Å². The predicted octanol–water partition coefficient (Wildman–Crippen LogP) is 7.22. The van der Waals surface area contributed by atoms with Gasteiger partial charge in [-0.15, -0.1) is 0 Å². The van der Waals surface area contributed by atoms with Crippen LogP contribution in [-0.2, 0) is 0 Å². The molecule has 0 aliphatic carbocycles.